The van der Waals surface area contributed by atoms with Crippen molar-refractivity contribution < 1.29 is 29.6 Å². The minimum absolute atomic E-state index is 0.0719. The second-order valence-corrected chi connectivity index (χ2v) is 5.03. The topological polar surface area (TPSA) is 154 Å². The summed E-state index contributed by atoms with van der Waals surface area (Å²) in [5.74, 6) is 0.0719. The van der Waals surface area contributed by atoms with Gasteiger partial charge in [0.25, 0.3) is 0 Å². The Labute approximate surface area is 129 Å². The lowest BCUT2D eigenvalue weighted by atomic mass is 10.1. The number of aliphatic hydroxyl groups excluding tert-OH is 3. The lowest BCUT2D eigenvalue weighted by molar-refractivity contribution is -0.164. The summed E-state index contributed by atoms with van der Waals surface area (Å²) in [6.07, 6.45) is -3.85. The second kappa shape index (κ2) is 6.04. The van der Waals surface area contributed by atoms with Crippen LogP contribution in [-0.4, -0.2) is 84.4 Å². The van der Waals surface area contributed by atoms with Gasteiger partial charge >= 0.3 is 0 Å². The van der Waals surface area contributed by atoms with Gasteiger partial charge in [0.05, 0.1) is 6.33 Å². The highest BCUT2D eigenvalue weighted by Gasteiger charge is 2.48. The minimum atomic E-state index is -1.45. The van der Waals surface area contributed by atoms with E-state index in [9.17, 15) is 20.1 Å². The quantitative estimate of drug-likeness (QED) is 0.347. The van der Waals surface area contributed by atoms with Crippen molar-refractivity contribution in [2.45, 2.75) is 30.8 Å². The highest BCUT2D eigenvalue weighted by molar-refractivity contribution is 5.74. The van der Waals surface area contributed by atoms with Crippen LogP contribution >= 0.6 is 0 Å². The number of H-pyrrole nitrogens is 1. The summed E-state index contributed by atoms with van der Waals surface area (Å²) in [4.78, 5) is 26.1. The van der Waals surface area contributed by atoms with Crippen molar-refractivity contribution in [3.63, 3.8) is 0 Å². The smallest absolute Gasteiger partial charge is 0.245 e. The van der Waals surface area contributed by atoms with Gasteiger partial charge in [0.15, 0.2) is 11.9 Å². The fourth-order valence-corrected chi connectivity index (χ4v) is 2.25. The number of ether oxygens (including phenoxy) is 2. The summed E-state index contributed by atoms with van der Waals surface area (Å²) in [5, 5.41) is 29.9. The molecule has 0 aromatic carbocycles. The van der Waals surface area contributed by atoms with Gasteiger partial charge in [0.1, 0.15) is 30.2 Å². The zero-order valence-corrected chi connectivity index (χ0v) is 12.0. The lowest BCUT2D eigenvalue weighted by Crippen LogP contribution is -2.46. The number of nitrogens with one attached hydrogen (secondary N) is 1. The van der Waals surface area contributed by atoms with Crippen LogP contribution in [0.1, 0.15) is 0 Å². The van der Waals surface area contributed by atoms with E-state index in [1.54, 1.807) is 0 Å². The number of imidazole rings is 1. The van der Waals surface area contributed by atoms with E-state index in [0.29, 0.717) is 17.6 Å². The number of fused-ring (bicyclic) bond motifs is 1. The van der Waals surface area contributed by atoms with E-state index in [4.69, 9.17) is 9.47 Å². The molecule has 23 heavy (non-hydrogen) atoms. The number of amides is 1. The van der Waals surface area contributed by atoms with Gasteiger partial charge < -0.3 is 34.7 Å². The van der Waals surface area contributed by atoms with Crippen molar-refractivity contribution in [3.8, 4) is 5.88 Å². The van der Waals surface area contributed by atoms with Gasteiger partial charge in [0, 0.05) is 7.05 Å². The van der Waals surface area contributed by atoms with Gasteiger partial charge in [-0.05, 0) is 0 Å². The standard InChI is InChI=1S/C12H15N5O6/c1-17(4-18)11(21)8-6(19)7(20)12(22-8)23-10-5-9(14-2-13-5)15-3-16-10/h2-4,6-8,11-12,19-21H,1H3,(H,13,14,15,16)/t6-,7+,8-,11?,12?/m0/s1. The molecule has 11 heteroatoms. The molecule has 0 saturated carbocycles. The number of likely N-dealkylation sites (N-methyl/N-ethyl adjacent to an activating group) is 1. The molecule has 1 aliphatic rings. The maximum Gasteiger partial charge on any atom is 0.245 e. The van der Waals surface area contributed by atoms with E-state index in [2.05, 4.69) is 19.9 Å². The van der Waals surface area contributed by atoms with Gasteiger partial charge in [-0.15, -0.1) is 0 Å². The van der Waals surface area contributed by atoms with E-state index >= 15 is 0 Å². The van der Waals surface area contributed by atoms with Crippen molar-refractivity contribution in [1.82, 2.24) is 24.8 Å². The first-order chi connectivity index (χ1) is 11.0. The van der Waals surface area contributed by atoms with Gasteiger partial charge in [-0.2, -0.15) is 4.98 Å². The zero-order valence-electron chi connectivity index (χ0n) is 12.0. The molecule has 0 spiro atoms. The van der Waals surface area contributed by atoms with Gasteiger partial charge in [0.2, 0.25) is 18.6 Å². The molecule has 3 heterocycles. The second-order valence-electron chi connectivity index (χ2n) is 5.03. The number of aliphatic hydroxyl groups is 3. The summed E-state index contributed by atoms with van der Waals surface area (Å²) in [6, 6.07) is 0. The Hall–Kier alpha value is -2.34. The molecule has 3 rings (SSSR count). The number of carbonyl (C=O) groups excluding carboxylic acids is 1. The number of nitrogens with zero attached hydrogens (tertiary/aromatic N) is 4. The average Bonchev–Trinajstić information content (AvgIpc) is 3.14. The number of hydrogen-bond acceptors (Lipinski definition) is 9. The lowest BCUT2D eigenvalue weighted by Gasteiger charge is -2.26. The van der Waals surface area contributed by atoms with Crippen molar-refractivity contribution in [2.24, 2.45) is 0 Å². The normalized spacial score (nSPS) is 28.7. The molecule has 2 unspecified atom stereocenters. The summed E-state index contributed by atoms with van der Waals surface area (Å²) in [5.41, 5.74) is 0.757. The molecule has 5 atom stereocenters. The van der Waals surface area contributed by atoms with Crippen LogP contribution in [0.15, 0.2) is 12.7 Å². The molecule has 124 valence electrons. The Kier molecular flexibility index (Phi) is 4.09. The number of hydrogen-bond donors (Lipinski definition) is 4. The largest absolute Gasteiger partial charge is 0.443 e. The van der Waals surface area contributed by atoms with Crippen molar-refractivity contribution in [1.29, 1.82) is 0 Å². The van der Waals surface area contributed by atoms with Gasteiger partial charge in [-0.1, -0.05) is 0 Å². The monoisotopic (exact) mass is 325 g/mol. The number of aromatic nitrogens is 4. The van der Waals surface area contributed by atoms with E-state index in [0.717, 1.165) is 4.90 Å². The average molecular weight is 325 g/mol. The molecular weight excluding hydrogens is 310 g/mol. The van der Waals surface area contributed by atoms with Crippen LogP contribution in [-0.2, 0) is 9.53 Å². The van der Waals surface area contributed by atoms with Crippen LogP contribution in [0.4, 0.5) is 0 Å². The first-order valence-corrected chi connectivity index (χ1v) is 6.70. The number of aromatic amines is 1. The fraction of sp³-hybridized carbons (Fsp3) is 0.500. The maximum atomic E-state index is 10.7. The van der Waals surface area contributed by atoms with Crippen LogP contribution < -0.4 is 4.74 Å². The molecule has 1 amide bonds. The maximum absolute atomic E-state index is 10.7. The summed E-state index contributed by atoms with van der Waals surface area (Å²) in [7, 11) is 1.31. The first-order valence-electron chi connectivity index (χ1n) is 6.70. The molecule has 1 saturated heterocycles. The predicted octanol–water partition coefficient (Wildman–Crippen LogP) is -2.41. The Bertz CT molecular complexity index is 695. The third kappa shape index (κ3) is 2.70. The Morgan fingerprint density at radius 2 is 2.17 bits per heavy atom. The van der Waals surface area contributed by atoms with E-state index < -0.39 is 30.8 Å². The third-order valence-corrected chi connectivity index (χ3v) is 3.55. The third-order valence-electron chi connectivity index (χ3n) is 3.55. The van der Waals surface area contributed by atoms with E-state index in [-0.39, 0.29) is 5.88 Å². The molecule has 1 fully saturated rings. The number of carbonyl (C=O) groups is 1. The van der Waals surface area contributed by atoms with Crippen molar-refractivity contribution in [2.75, 3.05) is 7.05 Å². The minimum Gasteiger partial charge on any atom is -0.443 e. The van der Waals surface area contributed by atoms with Crippen LogP contribution in [0.2, 0.25) is 0 Å². The van der Waals surface area contributed by atoms with E-state index in [1.807, 2.05) is 0 Å². The Morgan fingerprint density at radius 1 is 1.39 bits per heavy atom. The highest BCUT2D eigenvalue weighted by atomic mass is 16.7. The molecule has 11 nitrogen and oxygen atoms in total. The van der Waals surface area contributed by atoms with Gasteiger partial charge in [-0.25, -0.2) is 9.97 Å². The SMILES string of the molecule is CN(C=O)C(O)[C@H]1OC(Oc2ncnc3nc[nH]c23)[C@H](O)[C@@H]1O. The van der Waals surface area contributed by atoms with Crippen LogP contribution in [0.25, 0.3) is 11.2 Å². The fourth-order valence-electron chi connectivity index (χ4n) is 2.25. The molecule has 4 N–H and O–H groups in total. The molecule has 0 bridgehead atoms. The molecular formula is C12H15N5O6. The molecule has 0 aliphatic carbocycles. The summed E-state index contributed by atoms with van der Waals surface area (Å²) in [6.45, 7) is 0. The van der Waals surface area contributed by atoms with Crippen LogP contribution in [0, 0.1) is 0 Å². The zero-order chi connectivity index (χ0) is 16.6. The molecule has 2 aromatic rings. The van der Waals surface area contributed by atoms with Crippen molar-refractivity contribution >= 4 is 17.6 Å². The predicted molar refractivity (Wildman–Crippen MR) is 72.8 cm³/mol. The summed E-state index contributed by atoms with van der Waals surface area (Å²) >= 11 is 0. The summed E-state index contributed by atoms with van der Waals surface area (Å²) < 4.78 is 10.8. The number of rotatable bonds is 5. The van der Waals surface area contributed by atoms with Gasteiger partial charge in [-0.3, -0.25) is 4.79 Å². The molecule has 2 aromatic heterocycles. The molecule has 1 aliphatic heterocycles. The van der Waals surface area contributed by atoms with Crippen LogP contribution in [0.5, 0.6) is 5.88 Å². The van der Waals surface area contributed by atoms with Crippen LogP contribution in [0.3, 0.4) is 0 Å². The molecule has 0 radical (unpaired) electrons. The Balaban J connectivity index is 1.79. The van der Waals surface area contributed by atoms with Crippen molar-refractivity contribution in [3.05, 3.63) is 12.7 Å². The first kappa shape index (κ1) is 15.6. The Morgan fingerprint density at radius 3 is 2.91 bits per heavy atom. The highest BCUT2D eigenvalue weighted by Crippen LogP contribution is 2.28. The van der Waals surface area contributed by atoms with E-state index in [1.165, 1.54) is 19.7 Å².